The minimum atomic E-state index is -0.993. The fraction of sp³-hybridized carbons (Fsp3) is 0.385. The molecule has 7 N–H and O–H groups in total. The first-order valence-electron chi connectivity index (χ1n) is 12.0. The standard InChI is InChI=1S/C26H33N5O5/c27-20(14-17-6-2-1-3-7-17)24(34)30-21-8-4-5-13-28-23(33)16-29-25(35)22(31-26(21)36)15-18-9-11-19(32)12-10-18/h1-3,6-7,9-12,20-22,32H,4-5,8,13-16,27H2,(H,28,33)(H,29,35)(H,30,34)(H,31,36)/t20-,21-,22-/m0/s1. The zero-order chi connectivity index (χ0) is 25.9. The predicted octanol–water partition coefficient (Wildman–Crippen LogP) is -0.109. The van der Waals surface area contributed by atoms with Crippen LogP contribution in [0.2, 0.25) is 0 Å². The Kier molecular flexibility index (Phi) is 9.82. The van der Waals surface area contributed by atoms with Crippen LogP contribution in [-0.4, -0.2) is 60.0 Å². The Morgan fingerprint density at radius 3 is 2.42 bits per heavy atom. The molecule has 1 aliphatic heterocycles. The maximum absolute atomic E-state index is 13.2. The molecule has 10 heteroatoms. The minimum absolute atomic E-state index is 0.0773. The Labute approximate surface area is 210 Å². The SMILES string of the molecule is N[C@@H](Cc1ccccc1)C(=O)N[C@H]1CCCCNC(=O)CNC(=O)[C@H](Cc2ccc(O)cc2)NC1=O. The van der Waals surface area contributed by atoms with Crippen molar-refractivity contribution in [1.82, 2.24) is 21.3 Å². The summed E-state index contributed by atoms with van der Waals surface area (Å²) in [5, 5.41) is 20.3. The Balaban J connectivity index is 1.73. The van der Waals surface area contributed by atoms with E-state index in [1.165, 1.54) is 12.1 Å². The Hall–Kier alpha value is -3.92. The summed E-state index contributed by atoms with van der Waals surface area (Å²) in [4.78, 5) is 50.9. The van der Waals surface area contributed by atoms with Gasteiger partial charge in [0, 0.05) is 13.0 Å². The Morgan fingerprint density at radius 1 is 0.972 bits per heavy atom. The summed E-state index contributed by atoms with van der Waals surface area (Å²) >= 11 is 0. The van der Waals surface area contributed by atoms with Gasteiger partial charge in [-0.3, -0.25) is 19.2 Å². The van der Waals surface area contributed by atoms with Gasteiger partial charge in [0.1, 0.15) is 17.8 Å². The van der Waals surface area contributed by atoms with Crippen molar-refractivity contribution in [2.75, 3.05) is 13.1 Å². The molecule has 1 fully saturated rings. The van der Waals surface area contributed by atoms with E-state index in [0.717, 1.165) is 5.56 Å². The molecule has 3 atom stereocenters. The van der Waals surface area contributed by atoms with Crippen LogP contribution in [0.3, 0.4) is 0 Å². The lowest BCUT2D eigenvalue weighted by molar-refractivity contribution is -0.133. The predicted molar refractivity (Wildman–Crippen MR) is 134 cm³/mol. The molecule has 192 valence electrons. The number of amides is 4. The van der Waals surface area contributed by atoms with E-state index >= 15 is 0 Å². The number of aromatic hydroxyl groups is 1. The van der Waals surface area contributed by atoms with Gasteiger partial charge in [0.05, 0.1) is 12.6 Å². The zero-order valence-electron chi connectivity index (χ0n) is 20.0. The highest BCUT2D eigenvalue weighted by Crippen LogP contribution is 2.12. The van der Waals surface area contributed by atoms with Crippen LogP contribution >= 0.6 is 0 Å². The lowest BCUT2D eigenvalue weighted by Gasteiger charge is -2.24. The summed E-state index contributed by atoms with van der Waals surface area (Å²) in [5.74, 6) is -1.75. The Bertz CT molecular complexity index is 1040. The van der Waals surface area contributed by atoms with Gasteiger partial charge >= 0.3 is 0 Å². The average Bonchev–Trinajstić information content (AvgIpc) is 2.87. The van der Waals surface area contributed by atoms with Crippen LogP contribution < -0.4 is 27.0 Å². The molecule has 0 aromatic heterocycles. The van der Waals surface area contributed by atoms with E-state index in [4.69, 9.17) is 5.73 Å². The van der Waals surface area contributed by atoms with E-state index in [2.05, 4.69) is 21.3 Å². The highest BCUT2D eigenvalue weighted by Gasteiger charge is 2.28. The lowest BCUT2D eigenvalue weighted by Crippen LogP contribution is -2.56. The van der Waals surface area contributed by atoms with Gasteiger partial charge in [0.25, 0.3) is 0 Å². The van der Waals surface area contributed by atoms with Crippen LogP contribution in [0.15, 0.2) is 54.6 Å². The number of benzene rings is 2. The molecule has 0 bridgehead atoms. The molecular formula is C26H33N5O5. The van der Waals surface area contributed by atoms with E-state index < -0.39 is 35.8 Å². The van der Waals surface area contributed by atoms with Gasteiger partial charge in [-0.25, -0.2) is 0 Å². The van der Waals surface area contributed by atoms with Crippen molar-refractivity contribution in [1.29, 1.82) is 0 Å². The fourth-order valence-corrected chi connectivity index (χ4v) is 3.91. The summed E-state index contributed by atoms with van der Waals surface area (Å²) in [5.41, 5.74) is 7.71. The van der Waals surface area contributed by atoms with Crippen molar-refractivity contribution in [2.24, 2.45) is 5.73 Å². The van der Waals surface area contributed by atoms with Gasteiger partial charge in [-0.15, -0.1) is 0 Å². The van der Waals surface area contributed by atoms with Crippen LogP contribution in [0.1, 0.15) is 30.4 Å². The fourth-order valence-electron chi connectivity index (χ4n) is 3.91. The number of phenolic OH excluding ortho intramolecular Hbond substituents is 1. The van der Waals surface area contributed by atoms with Gasteiger partial charge in [0.2, 0.25) is 23.6 Å². The quantitative estimate of drug-likeness (QED) is 0.328. The first kappa shape index (κ1) is 26.7. The highest BCUT2D eigenvalue weighted by molar-refractivity contribution is 5.94. The van der Waals surface area contributed by atoms with Crippen molar-refractivity contribution in [3.63, 3.8) is 0 Å². The van der Waals surface area contributed by atoms with Crippen LogP contribution in [0.5, 0.6) is 5.75 Å². The van der Waals surface area contributed by atoms with Crippen molar-refractivity contribution < 1.29 is 24.3 Å². The second kappa shape index (κ2) is 13.2. The molecule has 1 aliphatic rings. The van der Waals surface area contributed by atoms with Crippen molar-refractivity contribution in [3.05, 3.63) is 65.7 Å². The molecular weight excluding hydrogens is 462 g/mol. The first-order chi connectivity index (χ1) is 17.3. The molecule has 2 aromatic rings. The molecule has 2 aromatic carbocycles. The van der Waals surface area contributed by atoms with Crippen LogP contribution in [0.4, 0.5) is 0 Å². The average molecular weight is 496 g/mol. The molecule has 0 radical (unpaired) electrons. The summed E-state index contributed by atoms with van der Waals surface area (Å²) < 4.78 is 0. The van der Waals surface area contributed by atoms with E-state index in [1.807, 2.05) is 30.3 Å². The van der Waals surface area contributed by atoms with Gasteiger partial charge in [0.15, 0.2) is 0 Å². The number of phenols is 1. The molecule has 1 heterocycles. The number of nitrogens with two attached hydrogens (primary N) is 1. The molecule has 1 saturated heterocycles. The number of carbonyl (C=O) groups excluding carboxylic acids is 4. The van der Waals surface area contributed by atoms with Gasteiger partial charge in [-0.1, -0.05) is 42.5 Å². The summed E-state index contributed by atoms with van der Waals surface area (Å²) in [7, 11) is 0. The van der Waals surface area contributed by atoms with Crippen LogP contribution in [-0.2, 0) is 32.0 Å². The monoisotopic (exact) mass is 495 g/mol. The highest BCUT2D eigenvalue weighted by atomic mass is 16.3. The van der Waals surface area contributed by atoms with Crippen molar-refractivity contribution in [2.45, 2.75) is 50.2 Å². The van der Waals surface area contributed by atoms with E-state index in [0.29, 0.717) is 37.8 Å². The number of hydrogen-bond donors (Lipinski definition) is 6. The molecule has 36 heavy (non-hydrogen) atoms. The summed E-state index contributed by atoms with van der Waals surface area (Å²) in [6.45, 7) is 0.177. The minimum Gasteiger partial charge on any atom is -0.508 e. The van der Waals surface area contributed by atoms with Crippen molar-refractivity contribution in [3.8, 4) is 5.75 Å². The van der Waals surface area contributed by atoms with Crippen LogP contribution in [0, 0.1) is 0 Å². The topological polar surface area (TPSA) is 163 Å². The summed E-state index contributed by atoms with van der Waals surface area (Å²) in [6.07, 6.45) is 1.94. The molecule has 0 spiro atoms. The smallest absolute Gasteiger partial charge is 0.243 e. The van der Waals surface area contributed by atoms with Gasteiger partial charge < -0.3 is 32.1 Å². The number of rotatable bonds is 6. The van der Waals surface area contributed by atoms with Crippen LogP contribution in [0.25, 0.3) is 0 Å². The van der Waals surface area contributed by atoms with Gasteiger partial charge in [-0.05, 0) is 48.9 Å². The molecule has 0 saturated carbocycles. The van der Waals surface area contributed by atoms with E-state index in [1.54, 1.807) is 12.1 Å². The third kappa shape index (κ3) is 8.38. The molecule has 0 aliphatic carbocycles. The molecule has 10 nitrogen and oxygen atoms in total. The van der Waals surface area contributed by atoms with E-state index in [-0.39, 0.29) is 24.6 Å². The third-order valence-electron chi connectivity index (χ3n) is 5.94. The maximum atomic E-state index is 13.2. The second-order valence-electron chi connectivity index (χ2n) is 8.85. The van der Waals surface area contributed by atoms with Crippen molar-refractivity contribution >= 4 is 23.6 Å². The molecule has 4 amide bonds. The first-order valence-corrected chi connectivity index (χ1v) is 12.0. The maximum Gasteiger partial charge on any atom is 0.243 e. The number of hydrogen-bond acceptors (Lipinski definition) is 6. The van der Waals surface area contributed by atoms with E-state index in [9.17, 15) is 24.3 Å². The van der Waals surface area contributed by atoms with Gasteiger partial charge in [-0.2, -0.15) is 0 Å². The Morgan fingerprint density at radius 2 is 1.69 bits per heavy atom. The number of nitrogens with one attached hydrogen (secondary N) is 4. The lowest BCUT2D eigenvalue weighted by atomic mass is 10.0. The largest absolute Gasteiger partial charge is 0.508 e. The number of carbonyl (C=O) groups is 4. The molecule has 3 rings (SSSR count). The molecule has 0 unspecified atom stereocenters. The normalized spacial score (nSPS) is 20.4. The second-order valence-corrected chi connectivity index (χ2v) is 8.85. The third-order valence-corrected chi connectivity index (χ3v) is 5.94. The summed E-state index contributed by atoms with van der Waals surface area (Å²) in [6, 6.07) is 12.9. The zero-order valence-corrected chi connectivity index (χ0v) is 20.0.